The lowest BCUT2D eigenvalue weighted by atomic mass is 10.1. The predicted octanol–water partition coefficient (Wildman–Crippen LogP) is 1.25. The van der Waals surface area contributed by atoms with Crippen LogP contribution in [0.2, 0.25) is 0 Å². The van der Waals surface area contributed by atoms with E-state index in [2.05, 4.69) is 0 Å². The van der Waals surface area contributed by atoms with Gasteiger partial charge in [-0.2, -0.15) is 4.31 Å². The van der Waals surface area contributed by atoms with E-state index < -0.39 is 21.7 Å². The molecule has 1 atom stereocenters. The average Bonchev–Trinajstić information content (AvgIpc) is 2.87. The van der Waals surface area contributed by atoms with Crippen molar-refractivity contribution in [1.29, 1.82) is 0 Å². The van der Waals surface area contributed by atoms with E-state index in [1.807, 2.05) is 6.07 Å². The van der Waals surface area contributed by atoms with E-state index in [9.17, 15) is 13.2 Å². The molecule has 1 aliphatic heterocycles. The number of nitrogens with zero attached hydrogens (tertiary/aromatic N) is 1. The first-order valence-corrected chi connectivity index (χ1v) is 7.90. The molecular weight excluding hydrogens is 282 g/mol. The van der Waals surface area contributed by atoms with Crippen LogP contribution in [0.5, 0.6) is 5.75 Å². The van der Waals surface area contributed by atoms with E-state index in [1.165, 1.54) is 4.31 Å². The molecule has 1 fully saturated rings. The summed E-state index contributed by atoms with van der Waals surface area (Å²) in [5, 5.41) is 8.72. The zero-order valence-electron chi connectivity index (χ0n) is 11.2. The number of aliphatic carboxylic acids is 1. The normalized spacial score (nSPS) is 19.9. The highest BCUT2D eigenvalue weighted by molar-refractivity contribution is 7.89. The van der Waals surface area contributed by atoms with Crippen LogP contribution in [-0.4, -0.2) is 43.2 Å². The highest BCUT2D eigenvalue weighted by atomic mass is 32.2. The van der Waals surface area contributed by atoms with Gasteiger partial charge in [0.15, 0.2) is 5.75 Å². The molecule has 0 amide bonds. The molecule has 2 rings (SSSR count). The summed E-state index contributed by atoms with van der Waals surface area (Å²) in [4.78, 5) is 10.7. The van der Waals surface area contributed by atoms with Crippen LogP contribution in [0.1, 0.15) is 24.4 Å². The molecule has 6 nitrogen and oxygen atoms in total. The summed E-state index contributed by atoms with van der Waals surface area (Å²) in [5.74, 6) is -1.54. The lowest BCUT2D eigenvalue weighted by Crippen LogP contribution is -2.35. The number of methoxy groups -OCH3 is 1. The van der Waals surface area contributed by atoms with Crippen molar-refractivity contribution in [3.05, 3.63) is 29.8 Å². The van der Waals surface area contributed by atoms with Gasteiger partial charge in [0.1, 0.15) is 5.75 Å². The topological polar surface area (TPSA) is 83.9 Å². The van der Waals surface area contributed by atoms with Crippen molar-refractivity contribution in [2.24, 2.45) is 0 Å². The Bertz CT molecular complexity index is 599. The maximum absolute atomic E-state index is 12.1. The summed E-state index contributed by atoms with van der Waals surface area (Å²) in [6, 6.07) is 6.90. The Morgan fingerprint density at radius 1 is 1.50 bits per heavy atom. The SMILES string of the molecule is COc1cccc(C2CCCN2S(=O)(=O)CC(=O)O)c1. The molecule has 1 aromatic carbocycles. The predicted molar refractivity (Wildman–Crippen MR) is 73.1 cm³/mol. The van der Waals surface area contributed by atoms with Crippen LogP contribution in [0, 0.1) is 0 Å². The van der Waals surface area contributed by atoms with Gasteiger partial charge in [-0.25, -0.2) is 8.42 Å². The fraction of sp³-hybridized carbons (Fsp3) is 0.462. The van der Waals surface area contributed by atoms with Gasteiger partial charge in [0.2, 0.25) is 10.0 Å². The number of sulfonamides is 1. The van der Waals surface area contributed by atoms with E-state index in [-0.39, 0.29) is 6.04 Å². The highest BCUT2D eigenvalue weighted by Crippen LogP contribution is 2.35. The van der Waals surface area contributed by atoms with Crippen LogP contribution in [0.3, 0.4) is 0 Å². The third-order valence-corrected chi connectivity index (χ3v) is 5.11. The molecule has 1 N–H and O–H groups in total. The molecule has 0 bridgehead atoms. The Morgan fingerprint density at radius 2 is 2.25 bits per heavy atom. The molecule has 20 heavy (non-hydrogen) atoms. The summed E-state index contributed by atoms with van der Waals surface area (Å²) in [5.41, 5.74) is 0.829. The van der Waals surface area contributed by atoms with E-state index in [4.69, 9.17) is 9.84 Å². The second-order valence-electron chi connectivity index (χ2n) is 4.70. The average molecular weight is 299 g/mol. The number of benzene rings is 1. The zero-order valence-corrected chi connectivity index (χ0v) is 12.0. The summed E-state index contributed by atoms with van der Waals surface area (Å²) < 4.78 is 30.6. The molecule has 1 unspecified atom stereocenters. The summed E-state index contributed by atoms with van der Waals surface area (Å²) in [6.45, 7) is 0.359. The Labute approximate surface area is 118 Å². The molecule has 1 aromatic rings. The van der Waals surface area contributed by atoms with E-state index >= 15 is 0 Å². The molecule has 110 valence electrons. The van der Waals surface area contributed by atoms with Crippen LogP contribution < -0.4 is 4.74 Å². The van der Waals surface area contributed by atoms with Gasteiger partial charge in [-0.1, -0.05) is 12.1 Å². The first kappa shape index (κ1) is 14.8. The van der Waals surface area contributed by atoms with Crippen molar-refractivity contribution in [3.8, 4) is 5.75 Å². The van der Waals surface area contributed by atoms with Crippen LogP contribution in [-0.2, 0) is 14.8 Å². The van der Waals surface area contributed by atoms with Gasteiger partial charge in [-0.3, -0.25) is 4.79 Å². The second kappa shape index (κ2) is 5.80. The molecule has 1 saturated heterocycles. The van der Waals surface area contributed by atoms with Crippen molar-refractivity contribution in [1.82, 2.24) is 4.31 Å². The van der Waals surface area contributed by atoms with Gasteiger partial charge < -0.3 is 9.84 Å². The van der Waals surface area contributed by atoms with Crippen LogP contribution in [0.25, 0.3) is 0 Å². The van der Waals surface area contributed by atoms with Gasteiger partial charge in [-0.05, 0) is 30.5 Å². The molecular formula is C13H17NO5S. The first-order chi connectivity index (χ1) is 9.44. The number of rotatable bonds is 5. The largest absolute Gasteiger partial charge is 0.497 e. The van der Waals surface area contributed by atoms with Crippen molar-refractivity contribution in [2.75, 3.05) is 19.4 Å². The van der Waals surface area contributed by atoms with E-state index in [0.29, 0.717) is 18.7 Å². The van der Waals surface area contributed by atoms with Crippen LogP contribution in [0.15, 0.2) is 24.3 Å². The van der Waals surface area contributed by atoms with Gasteiger partial charge in [0.05, 0.1) is 7.11 Å². The quantitative estimate of drug-likeness (QED) is 0.884. The lowest BCUT2D eigenvalue weighted by molar-refractivity contribution is -0.134. The molecule has 0 radical (unpaired) electrons. The smallest absolute Gasteiger partial charge is 0.320 e. The molecule has 1 aliphatic rings. The molecule has 0 aromatic heterocycles. The maximum Gasteiger partial charge on any atom is 0.320 e. The highest BCUT2D eigenvalue weighted by Gasteiger charge is 2.36. The van der Waals surface area contributed by atoms with Gasteiger partial charge in [0.25, 0.3) is 0 Å². The van der Waals surface area contributed by atoms with Crippen molar-refractivity contribution < 1.29 is 23.1 Å². The minimum Gasteiger partial charge on any atom is -0.497 e. The number of carbonyl (C=O) groups is 1. The van der Waals surface area contributed by atoms with Crippen LogP contribution >= 0.6 is 0 Å². The molecule has 0 aliphatic carbocycles. The van der Waals surface area contributed by atoms with E-state index in [1.54, 1.807) is 25.3 Å². The van der Waals surface area contributed by atoms with Gasteiger partial charge in [0, 0.05) is 12.6 Å². The third kappa shape index (κ3) is 3.10. The van der Waals surface area contributed by atoms with Crippen molar-refractivity contribution in [2.45, 2.75) is 18.9 Å². The minimum atomic E-state index is -3.78. The van der Waals surface area contributed by atoms with Gasteiger partial charge in [-0.15, -0.1) is 0 Å². The molecule has 0 spiro atoms. The Balaban J connectivity index is 2.29. The molecule has 0 saturated carbocycles. The standard InChI is InChI=1S/C13H17NO5S/c1-19-11-5-2-4-10(8-11)12-6-3-7-14(12)20(17,18)9-13(15)16/h2,4-5,8,12H,3,6-7,9H2,1H3,(H,15,16). The Morgan fingerprint density at radius 3 is 2.90 bits per heavy atom. The minimum absolute atomic E-state index is 0.311. The summed E-state index contributed by atoms with van der Waals surface area (Å²) in [7, 11) is -2.23. The molecule has 1 heterocycles. The van der Waals surface area contributed by atoms with Gasteiger partial charge >= 0.3 is 5.97 Å². The summed E-state index contributed by atoms with van der Waals surface area (Å²) >= 11 is 0. The fourth-order valence-electron chi connectivity index (χ4n) is 2.49. The monoisotopic (exact) mass is 299 g/mol. The first-order valence-electron chi connectivity index (χ1n) is 6.29. The third-order valence-electron chi connectivity index (χ3n) is 3.35. The Kier molecular flexibility index (Phi) is 4.29. The number of carboxylic acids is 1. The second-order valence-corrected chi connectivity index (χ2v) is 6.62. The Hall–Kier alpha value is -1.60. The van der Waals surface area contributed by atoms with E-state index in [0.717, 1.165) is 12.0 Å². The van der Waals surface area contributed by atoms with Crippen molar-refractivity contribution in [3.63, 3.8) is 0 Å². The van der Waals surface area contributed by atoms with Crippen LogP contribution in [0.4, 0.5) is 0 Å². The van der Waals surface area contributed by atoms with Crippen molar-refractivity contribution >= 4 is 16.0 Å². The maximum atomic E-state index is 12.1. The lowest BCUT2D eigenvalue weighted by Gasteiger charge is -2.23. The number of ether oxygens (including phenoxy) is 1. The fourth-order valence-corrected chi connectivity index (χ4v) is 3.99. The summed E-state index contributed by atoms with van der Waals surface area (Å²) in [6.07, 6.45) is 1.41. The number of carboxylic acid groups (broad SMARTS) is 1. The number of hydrogen-bond acceptors (Lipinski definition) is 4. The number of hydrogen-bond donors (Lipinski definition) is 1. The zero-order chi connectivity index (χ0) is 14.8. The molecule has 7 heteroatoms.